The van der Waals surface area contributed by atoms with E-state index in [1.807, 2.05) is 0 Å². The largest absolute Gasteiger partial charge is 0.647 e. The van der Waals surface area contributed by atoms with Gasteiger partial charge < -0.3 is 10.6 Å². The topological polar surface area (TPSA) is 77.6 Å². The minimum absolute atomic E-state index is 0. The average molecular weight is 648 g/mol. The van der Waals surface area contributed by atoms with Gasteiger partial charge in [0.2, 0.25) is 0 Å². The molecule has 1 radical (unpaired) electrons. The molecule has 0 aromatic heterocycles. The van der Waals surface area contributed by atoms with Crippen molar-refractivity contribution in [1.82, 2.24) is 0 Å². The Balaban J connectivity index is 0.00000380. The van der Waals surface area contributed by atoms with Crippen LogP contribution in [-0.4, -0.2) is 72.7 Å². The van der Waals surface area contributed by atoms with E-state index >= 15 is 0 Å². The fourth-order valence-electron chi connectivity index (χ4n) is 5.55. The Morgan fingerprint density at radius 1 is 0.649 bits per heavy atom. The molecule has 4 rings (SSSR count). The number of benzene rings is 1. The summed E-state index contributed by atoms with van der Waals surface area (Å²) in [5, 5.41) is 10.3. The molecular formula is C30H44N6Tb-2. The Bertz CT molecular complexity index is 996. The fraction of sp³-hybridized carbons (Fsp3) is 0.667. The SMILES string of the molecule is CC1=NCCN=C(C)C2CCCC([N-]2)C(C)=NC(Cc2ccc(C)cc2)CN=C(C)C2CCCC1[N-]2.[Tb]. The van der Waals surface area contributed by atoms with Crippen molar-refractivity contribution < 1.29 is 38.6 Å². The van der Waals surface area contributed by atoms with Crippen molar-refractivity contribution in [2.45, 2.75) is 110 Å². The number of nitrogens with zero attached hydrogens (tertiary/aromatic N) is 6. The molecule has 3 heterocycles. The van der Waals surface area contributed by atoms with E-state index in [1.54, 1.807) is 0 Å². The predicted molar refractivity (Wildman–Crippen MR) is 155 cm³/mol. The second-order valence-corrected chi connectivity index (χ2v) is 10.9. The summed E-state index contributed by atoms with van der Waals surface area (Å²) in [6, 6.07) is 9.71. The van der Waals surface area contributed by atoms with Gasteiger partial charge in [-0.3, -0.25) is 20.0 Å². The van der Waals surface area contributed by atoms with Crippen LogP contribution in [0.3, 0.4) is 0 Å². The van der Waals surface area contributed by atoms with Gasteiger partial charge in [-0.05, 0) is 69.4 Å². The molecule has 0 aliphatic carbocycles. The third kappa shape index (κ3) is 9.08. The Kier molecular flexibility index (Phi) is 12.5. The maximum atomic E-state index is 5.26. The zero-order chi connectivity index (χ0) is 25.5. The summed E-state index contributed by atoms with van der Waals surface area (Å²) in [7, 11) is 0. The van der Waals surface area contributed by atoms with Crippen LogP contribution in [0.5, 0.6) is 0 Å². The molecule has 205 valence electrons. The van der Waals surface area contributed by atoms with Crippen LogP contribution < -0.4 is 0 Å². The van der Waals surface area contributed by atoms with Gasteiger partial charge in [-0.2, -0.15) is 0 Å². The van der Waals surface area contributed by atoms with Crippen molar-refractivity contribution in [1.29, 1.82) is 0 Å². The summed E-state index contributed by atoms with van der Waals surface area (Å²) in [6.45, 7) is 12.9. The van der Waals surface area contributed by atoms with E-state index in [9.17, 15) is 0 Å². The first-order chi connectivity index (χ1) is 17.4. The molecule has 0 spiro atoms. The second-order valence-electron chi connectivity index (χ2n) is 10.9. The number of hydrogen-bond donors (Lipinski definition) is 0. The number of hydrogen-bond acceptors (Lipinski definition) is 4. The molecule has 2 saturated heterocycles. The first kappa shape index (κ1) is 30.6. The number of piperidine rings is 2. The van der Waals surface area contributed by atoms with Gasteiger partial charge in [0, 0.05) is 38.6 Å². The Labute approximate surface area is 255 Å². The number of aryl methyl sites for hydroxylation is 1. The summed E-state index contributed by atoms with van der Waals surface area (Å²) < 4.78 is 0. The second kappa shape index (κ2) is 15.0. The summed E-state index contributed by atoms with van der Waals surface area (Å²) in [5.74, 6) is 0. The Hall–Kier alpha value is -0.894. The molecular weight excluding hydrogens is 603 g/mol. The van der Waals surface area contributed by atoms with E-state index in [0.29, 0.717) is 6.54 Å². The molecule has 6 nitrogen and oxygen atoms in total. The van der Waals surface area contributed by atoms with Crippen LogP contribution in [0.15, 0.2) is 44.2 Å². The minimum Gasteiger partial charge on any atom is -0.647 e. The maximum Gasteiger partial charge on any atom is 0.0733 e. The van der Waals surface area contributed by atoms with E-state index in [4.69, 9.17) is 30.6 Å². The van der Waals surface area contributed by atoms with Gasteiger partial charge in [0.05, 0.1) is 25.7 Å². The molecule has 4 bridgehead atoms. The first-order valence-corrected chi connectivity index (χ1v) is 13.9. The first-order valence-electron chi connectivity index (χ1n) is 13.9. The predicted octanol–water partition coefficient (Wildman–Crippen LogP) is 6.35. The van der Waals surface area contributed by atoms with Crippen molar-refractivity contribution >= 4 is 22.8 Å². The van der Waals surface area contributed by atoms with Crippen molar-refractivity contribution in [2.24, 2.45) is 20.0 Å². The molecule has 3 aliphatic rings. The Morgan fingerprint density at radius 3 is 1.62 bits per heavy atom. The zero-order valence-electron chi connectivity index (χ0n) is 23.3. The molecule has 7 heteroatoms. The Morgan fingerprint density at radius 2 is 1.11 bits per heavy atom. The van der Waals surface area contributed by atoms with Crippen LogP contribution in [0, 0.1) is 45.5 Å². The number of aliphatic imine (C=N–C) groups is 4. The summed E-state index contributed by atoms with van der Waals surface area (Å²) in [5.41, 5.74) is 7.15. The van der Waals surface area contributed by atoms with E-state index in [0.717, 1.165) is 68.0 Å². The summed E-state index contributed by atoms with van der Waals surface area (Å²) in [6.07, 6.45) is 7.55. The standard InChI is InChI=1S/C30H44N6.Tb/c1-20-12-14-25(15-13-20)18-26-19-33-23(4)29-10-6-8-27(35-29)21(2)31-16-17-32-22(3)28-9-7-11-30(36-28)24(5)34-26;/h12-15,26-30H,6-11,16-19H2,1-5H3;/q-2;. The third-order valence-corrected chi connectivity index (χ3v) is 7.91. The van der Waals surface area contributed by atoms with Crippen molar-refractivity contribution in [3.63, 3.8) is 0 Å². The van der Waals surface area contributed by atoms with Gasteiger partial charge in [0.15, 0.2) is 0 Å². The van der Waals surface area contributed by atoms with Crippen LogP contribution in [-0.2, 0) is 6.42 Å². The minimum atomic E-state index is 0. The van der Waals surface area contributed by atoms with Gasteiger partial charge in [0.25, 0.3) is 0 Å². The van der Waals surface area contributed by atoms with Crippen molar-refractivity contribution in [2.75, 3.05) is 19.6 Å². The van der Waals surface area contributed by atoms with E-state index in [2.05, 4.69) is 58.9 Å². The van der Waals surface area contributed by atoms with Crippen molar-refractivity contribution in [3.8, 4) is 0 Å². The molecule has 3 aliphatic heterocycles. The van der Waals surface area contributed by atoms with Crippen molar-refractivity contribution in [3.05, 3.63) is 46.0 Å². The number of rotatable bonds is 2. The average Bonchev–Trinajstić information content (AvgIpc) is 2.90. The van der Waals surface area contributed by atoms with Crippen LogP contribution in [0.1, 0.15) is 77.3 Å². The molecule has 2 fully saturated rings. The molecule has 0 saturated carbocycles. The third-order valence-electron chi connectivity index (χ3n) is 7.91. The van der Waals surface area contributed by atoms with Crippen LogP contribution >= 0.6 is 0 Å². The van der Waals surface area contributed by atoms with E-state index < -0.39 is 0 Å². The zero-order valence-corrected chi connectivity index (χ0v) is 25.4. The molecule has 1 aromatic carbocycles. The van der Waals surface area contributed by atoms with Gasteiger partial charge >= 0.3 is 0 Å². The molecule has 5 atom stereocenters. The van der Waals surface area contributed by atoms with Crippen LogP contribution in [0.4, 0.5) is 0 Å². The molecule has 5 unspecified atom stereocenters. The quantitative estimate of drug-likeness (QED) is 0.359. The number of fused-ring (bicyclic) bond motifs is 4. The molecule has 37 heavy (non-hydrogen) atoms. The monoisotopic (exact) mass is 647 g/mol. The normalized spacial score (nSPS) is 29.9. The van der Waals surface area contributed by atoms with E-state index in [1.165, 1.54) is 24.0 Å². The molecule has 1 aromatic rings. The van der Waals surface area contributed by atoms with Gasteiger partial charge in [0.1, 0.15) is 0 Å². The molecule has 0 amide bonds. The molecule has 0 N–H and O–H groups in total. The maximum absolute atomic E-state index is 5.26. The van der Waals surface area contributed by atoms with Crippen LogP contribution in [0.25, 0.3) is 10.6 Å². The smallest absolute Gasteiger partial charge is 0.0733 e. The summed E-state index contributed by atoms with van der Waals surface area (Å²) >= 11 is 0. The van der Waals surface area contributed by atoms with Crippen LogP contribution in [0.2, 0.25) is 0 Å². The fourth-order valence-corrected chi connectivity index (χ4v) is 5.55. The van der Waals surface area contributed by atoms with Gasteiger partial charge in [-0.15, -0.1) is 0 Å². The van der Waals surface area contributed by atoms with E-state index in [-0.39, 0.29) is 68.8 Å². The van der Waals surface area contributed by atoms with Gasteiger partial charge in [-0.25, -0.2) is 0 Å². The van der Waals surface area contributed by atoms with Gasteiger partial charge in [-0.1, -0.05) is 92.5 Å². The summed E-state index contributed by atoms with van der Waals surface area (Å²) in [4.78, 5) is 20.0.